The topological polar surface area (TPSA) is 49.3 Å². The monoisotopic (exact) mass is 191 g/mol. The van der Waals surface area contributed by atoms with Crippen LogP contribution in [0.5, 0.6) is 0 Å². The summed E-state index contributed by atoms with van der Waals surface area (Å²) in [6.07, 6.45) is 0.212. The van der Waals surface area contributed by atoms with E-state index in [1.165, 1.54) is 11.1 Å². The molecule has 1 atom stereocenters. The summed E-state index contributed by atoms with van der Waals surface area (Å²) < 4.78 is 0. The number of carboxylic acids is 1. The molecule has 1 aromatic carbocycles. The molecule has 2 N–H and O–H groups in total. The molecule has 0 saturated heterocycles. The highest BCUT2D eigenvalue weighted by Gasteiger charge is 2.21. The van der Waals surface area contributed by atoms with Crippen molar-refractivity contribution < 1.29 is 9.90 Å². The first kappa shape index (κ1) is 9.21. The molecule has 0 saturated carbocycles. The molecule has 0 bridgehead atoms. The van der Waals surface area contributed by atoms with Crippen LogP contribution in [0.25, 0.3) is 0 Å². The average Bonchev–Trinajstić information content (AvgIpc) is 2.18. The minimum atomic E-state index is -0.728. The Hall–Kier alpha value is -1.35. The van der Waals surface area contributed by atoms with E-state index in [1.54, 1.807) is 0 Å². The number of carboxylic acid groups (broad SMARTS) is 1. The van der Waals surface area contributed by atoms with Gasteiger partial charge in [-0.2, -0.15) is 0 Å². The van der Waals surface area contributed by atoms with Crippen LogP contribution >= 0.6 is 0 Å². The van der Waals surface area contributed by atoms with Crippen LogP contribution in [0.3, 0.4) is 0 Å². The molecule has 0 amide bonds. The van der Waals surface area contributed by atoms with E-state index in [1.807, 2.05) is 18.2 Å². The Bertz CT molecular complexity index is 349. The predicted octanol–water partition coefficient (Wildman–Crippen LogP) is 1.35. The van der Waals surface area contributed by atoms with Gasteiger partial charge in [-0.25, -0.2) is 0 Å². The van der Waals surface area contributed by atoms with Crippen molar-refractivity contribution in [3.63, 3.8) is 0 Å². The summed E-state index contributed by atoms with van der Waals surface area (Å²) in [5, 5.41) is 12.0. The minimum absolute atomic E-state index is 0.123. The fourth-order valence-corrected chi connectivity index (χ4v) is 1.98. The lowest BCUT2D eigenvalue weighted by Gasteiger charge is -2.24. The lowest BCUT2D eigenvalue weighted by Crippen LogP contribution is -2.29. The third-order valence-electron chi connectivity index (χ3n) is 2.62. The molecule has 0 aromatic heterocycles. The molecule has 1 unspecified atom stereocenters. The molecule has 1 aliphatic heterocycles. The molecule has 1 aromatic rings. The molecule has 0 spiro atoms. The number of carbonyl (C=O) groups is 1. The molecule has 0 fully saturated rings. The fraction of sp³-hybridized carbons (Fsp3) is 0.364. The van der Waals surface area contributed by atoms with Crippen LogP contribution in [0.4, 0.5) is 0 Å². The summed E-state index contributed by atoms with van der Waals surface area (Å²) in [7, 11) is 0. The van der Waals surface area contributed by atoms with Crippen molar-refractivity contribution in [2.24, 2.45) is 0 Å². The first-order valence-corrected chi connectivity index (χ1v) is 4.77. The van der Waals surface area contributed by atoms with Crippen molar-refractivity contribution in [3.05, 3.63) is 35.4 Å². The van der Waals surface area contributed by atoms with E-state index in [0.29, 0.717) is 0 Å². The van der Waals surface area contributed by atoms with Crippen molar-refractivity contribution in [1.29, 1.82) is 0 Å². The van der Waals surface area contributed by atoms with E-state index >= 15 is 0 Å². The van der Waals surface area contributed by atoms with E-state index in [4.69, 9.17) is 5.11 Å². The van der Waals surface area contributed by atoms with E-state index in [0.717, 1.165) is 13.1 Å². The van der Waals surface area contributed by atoms with Crippen molar-refractivity contribution in [2.45, 2.75) is 18.9 Å². The molecule has 3 nitrogen and oxygen atoms in total. The van der Waals surface area contributed by atoms with Gasteiger partial charge in [0.25, 0.3) is 0 Å². The summed E-state index contributed by atoms with van der Waals surface area (Å²) in [6.45, 7) is 1.62. The highest BCUT2D eigenvalue weighted by molar-refractivity contribution is 5.68. The van der Waals surface area contributed by atoms with Crippen LogP contribution in [0.1, 0.15) is 23.5 Å². The van der Waals surface area contributed by atoms with Gasteiger partial charge in [-0.3, -0.25) is 4.79 Å². The quantitative estimate of drug-likeness (QED) is 0.741. The standard InChI is InChI=1S/C11H13NO2/c13-11(14)5-9-7-12-6-8-3-1-2-4-10(8)9/h1-4,9,12H,5-7H2,(H,13,14). The minimum Gasteiger partial charge on any atom is -0.481 e. The number of benzene rings is 1. The Kier molecular flexibility index (Phi) is 2.50. The first-order valence-electron chi connectivity index (χ1n) is 4.77. The maximum absolute atomic E-state index is 10.6. The largest absolute Gasteiger partial charge is 0.481 e. The Labute approximate surface area is 82.8 Å². The molecule has 74 valence electrons. The highest BCUT2D eigenvalue weighted by atomic mass is 16.4. The first-order chi connectivity index (χ1) is 6.77. The van der Waals surface area contributed by atoms with Gasteiger partial charge in [-0.15, -0.1) is 0 Å². The second-order valence-electron chi connectivity index (χ2n) is 3.62. The molecular formula is C11H13NO2. The van der Waals surface area contributed by atoms with Gasteiger partial charge in [0, 0.05) is 19.0 Å². The van der Waals surface area contributed by atoms with Gasteiger partial charge in [-0.1, -0.05) is 24.3 Å². The van der Waals surface area contributed by atoms with Crippen LogP contribution in [0.2, 0.25) is 0 Å². The van der Waals surface area contributed by atoms with Crippen molar-refractivity contribution in [1.82, 2.24) is 5.32 Å². The fourth-order valence-electron chi connectivity index (χ4n) is 1.98. The van der Waals surface area contributed by atoms with Crippen molar-refractivity contribution in [2.75, 3.05) is 6.54 Å². The SMILES string of the molecule is O=C(O)CC1CNCc2ccccc21. The number of hydrogen-bond donors (Lipinski definition) is 2. The van der Waals surface area contributed by atoms with E-state index in [2.05, 4.69) is 11.4 Å². The number of aliphatic carboxylic acids is 1. The Morgan fingerprint density at radius 1 is 1.50 bits per heavy atom. The van der Waals surface area contributed by atoms with Crippen molar-refractivity contribution in [3.8, 4) is 0 Å². The predicted molar refractivity (Wildman–Crippen MR) is 53.1 cm³/mol. The Morgan fingerprint density at radius 2 is 2.29 bits per heavy atom. The zero-order valence-electron chi connectivity index (χ0n) is 7.86. The van der Waals surface area contributed by atoms with E-state index in [9.17, 15) is 4.79 Å². The summed E-state index contributed by atoms with van der Waals surface area (Å²) in [4.78, 5) is 10.6. The van der Waals surface area contributed by atoms with Gasteiger partial charge in [0.2, 0.25) is 0 Å². The zero-order valence-corrected chi connectivity index (χ0v) is 7.86. The normalized spacial score (nSPS) is 20.1. The lowest BCUT2D eigenvalue weighted by atomic mass is 9.89. The zero-order chi connectivity index (χ0) is 9.97. The summed E-state index contributed by atoms with van der Waals surface area (Å²) in [6, 6.07) is 8.04. The van der Waals surface area contributed by atoms with Crippen LogP contribution in [0.15, 0.2) is 24.3 Å². The van der Waals surface area contributed by atoms with Gasteiger partial charge < -0.3 is 10.4 Å². The third-order valence-corrected chi connectivity index (χ3v) is 2.62. The highest BCUT2D eigenvalue weighted by Crippen LogP contribution is 2.26. The van der Waals surface area contributed by atoms with Crippen LogP contribution in [0, 0.1) is 0 Å². The maximum atomic E-state index is 10.6. The van der Waals surface area contributed by atoms with Crippen LogP contribution in [-0.4, -0.2) is 17.6 Å². The van der Waals surface area contributed by atoms with Gasteiger partial charge >= 0.3 is 5.97 Å². The maximum Gasteiger partial charge on any atom is 0.304 e. The molecule has 2 rings (SSSR count). The molecule has 0 radical (unpaired) electrons. The Balaban J connectivity index is 2.26. The molecular weight excluding hydrogens is 178 g/mol. The number of nitrogens with one attached hydrogen (secondary N) is 1. The summed E-state index contributed by atoms with van der Waals surface area (Å²) in [5.74, 6) is -0.606. The van der Waals surface area contributed by atoms with Crippen molar-refractivity contribution >= 4 is 5.97 Å². The second kappa shape index (κ2) is 3.80. The smallest absolute Gasteiger partial charge is 0.304 e. The third kappa shape index (κ3) is 1.77. The number of rotatable bonds is 2. The average molecular weight is 191 g/mol. The van der Waals surface area contributed by atoms with Crippen LogP contribution < -0.4 is 5.32 Å². The number of fused-ring (bicyclic) bond motifs is 1. The number of hydrogen-bond acceptors (Lipinski definition) is 2. The van der Waals surface area contributed by atoms with Gasteiger partial charge in [0.05, 0.1) is 6.42 Å². The molecule has 1 heterocycles. The second-order valence-corrected chi connectivity index (χ2v) is 3.62. The lowest BCUT2D eigenvalue weighted by molar-refractivity contribution is -0.137. The van der Waals surface area contributed by atoms with Gasteiger partial charge in [0.15, 0.2) is 0 Å². The van der Waals surface area contributed by atoms with Gasteiger partial charge in [0.1, 0.15) is 0 Å². The Morgan fingerprint density at radius 3 is 3.07 bits per heavy atom. The summed E-state index contributed by atoms with van der Waals surface area (Å²) >= 11 is 0. The van der Waals surface area contributed by atoms with E-state index < -0.39 is 5.97 Å². The molecule has 1 aliphatic rings. The summed E-state index contributed by atoms with van der Waals surface area (Å²) in [5.41, 5.74) is 2.42. The van der Waals surface area contributed by atoms with Crippen LogP contribution in [-0.2, 0) is 11.3 Å². The van der Waals surface area contributed by atoms with E-state index in [-0.39, 0.29) is 12.3 Å². The van der Waals surface area contributed by atoms with Gasteiger partial charge in [-0.05, 0) is 11.1 Å². The molecule has 0 aliphatic carbocycles. The molecule has 3 heteroatoms. The molecule has 14 heavy (non-hydrogen) atoms.